The molecule has 8 nitrogen and oxygen atoms in total. The largest absolute Gasteiger partial charge is 0.357 e. The molecule has 0 spiro atoms. The zero-order chi connectivity index (χ0) is 21.3. The summed E-state index contributed by atoms with van der Waals surface area (Å²) >= 11 is 0. The summed E-state index contributed by atoms with van der Waals surface area (Å²) in [5, 5.41) is 6.83. The molecule has 31 heavy (non-hydrogen) atoms. The Balaban J connectivity index is 0.00000341. The third-order valence-corrected chi connectivity index (χ3v) is 5.90. The topological polar surface area (TPSA) is 76.1 Å². The monoisotopic (exact) mass is 543 g/mol. The Bertz CT molecular complexity index is 722. The van der Waals surface area contributed by atoms with Crippen molar-refractivity contribution < 1.29 is 4.79 Å². The molecule has 0 radical (unpaired) electrons. The van der Waals surface area contributed by atoms with Crippen LogP contribution < -0.4 is 15.5 Å². The Kier molecular flexibility index (Phi) is 10.8. The molecular weight excluding hydrogens is 505 g/mol. The van der Waals surface area contributed by atoms with Crippen molar-refractivity contribution in [3.63, 3.8) is 0 Å². The van der Waals surface area contributed by atoms with Crippen LogP contribution >= 0.6 is 24.0 Å². The minimum Gasteiger partial charge on any atom is -0.357 e. The SMILES string of the molecule is CCNC(=NCc1ccnc(N2CCN(CC)CC2)c1)NC1CCN(C(=O)CC)C1.I. The van der Waals surface area contributed by atoms with Crippen LogP contribution in [0.25, 0.3) is 0 Å². The number of guanidine groups is 1. The summed E-state index contributed by atoms with van der Waals surface area (Å²) in [6, 6.07) is 4.45. The number of hydrogen-bond donors (Lipinski definition) is 2. The fraction of sp³-hybridized carbons (Fsp3) is 0.682. The highest BCUT2D eigenvalue weighted by atomic mass is 127. The predicted octanol–water partition coefficient (Wildman–Crippen LogP) is 1.91. The molecule has 2 aliphatic rings. The van der Waals surface area contributed by atoms with E-state index in [2.05, 4.69) is 45.3 Å². The number of nitrogens with zero attached hydrogens (tertiary/aromatic N) is 5. The highest BCUT2D eigenvalue weighted by Gasteiger charge is 2.25. The van der Waals surface area contributed by atoms with Gasteiger partial charge in [0.25, 0.3) is 0 Å². The van der Waals surface area contributed by atoms with Crippen molar-refractivity contribution in [1.29, 1.82) is 0 Å². The average molecular weight is 543 g/mol. The van der Waals surface area contributed by atoms with E-state index in [1.807, 2.05) is 24.1 Å². The number of carbonyl (C=O) groups is 1. The van der Waals surface area contributed by atoms with Crippen molar-refractivity contribution in [2.75, 3.05) is 57.3 Å². The van der Waals surface area contributed by atoms with Crippen molar-refractivity contribution in [3.05, 3.63) is 23.9 Å². The fourth-order valence-electron chi connectivity index (χ4n) is 4.04. The maximum Gasteiger partial charge on any atom is 0.222 e. The standard InChI is InChI=1S/C22H37N7O.HI/c1-4-21(30)29-10-8-19(17-29)26-22(23-5-2)25-16-18-7-9-24-20(15-18)28-13-11-27(6-3)12-14-28;/h7,9,15,19H,4-6,8,10-14,16-17H2,1-3H3,(H2,23,25,26);1H. The normalized spacial score (nSPS) is 19.8. The molecule has 1 unspecified atom stereocenters. The predicted molar refractivity (Wildman–Crippen MR) is 137 cm³/mol. The number of hydrogen-bond acceptors (Lipinski definition) is 5. The minimum absolute atomic E-state index is 0. The van der Waals surface area contributed by atoms with E-state index in [0.717, 1.165) is 76.1 Å². The van der Waals surface area contributed by atoms with E-state index in [1.165, 1.54) is 0 Å². The number of piperazine rings is 1. The van der Waals surface area contributed by atoms with Gasteiger partial charge in [0.1, 0.15) is 5.82 Å². The summed E-state index contributed by atoms with van der Waals surface area (Å²) < 4.78 is 0. The zero-order valence-electron chi connectivity index (χ0n) is 19.1. The van der Waals surface area contributed by atoms with E-state index in [4.69, 9.17) is 4.99 Å². The molecule has 0 bridgehead atoms. The van der Waals surface area contributed by atoms with Crippen molar-refractivity contribution >= 4 is 41.7 Å². The molecule has 2 aliphatic heterocycles. The summed E-state index contributed by atoms with van der Waals surface area (Å²) in [4.78, 5) is 28.1. The van der Waals surface area contributed by atoms with Crippen LogP contribution in [0.15, 0.2) is 23.3 Å². The van der Waals surface area contributed by atoms with Crippen LogP contribution in [-0.4, -0.2) is 85.1 Å². The Morgan fingerprint density at radius 1 is 1.19 bits per heavy atom. The second-order valence-corrected chi connectivity index (χ2v) is 7.96. The van der Waals surface area contributed by atoms with Crippen LogP contribution in [-0.2, 0) is 11.3 Å². The highest BCUT2D eigenvalue weighted by molar-refractivity contribution is 14.0. The first kappa shape index (κ1) is 25.6. The van der Waals surface area contributed by atoms with Gasteiger partial charge >= 0.3 is 0 Å². The molecule has 0 saturated carbocycles. The average Bonchev–Trinajstić information content (AvgIpc) is 3.26. The number of halogens is 1. The molecule has 1 aromatic rings. The third kappa shape index (κ3) is 7.48. The van der Waals surface area contributed by atoms with Gasteiger partial charge < -0.3 is 25.3 Å². The summed E-state index contributed by atoms with van der Waals surface area (Å²) in [6.45, 7) is 14.5. The quantitative estimate of drug-likeness (QED) is 0.311. The summed E-state index contributed by atoms with van der Waals surface area (Å²) in [5.41, 5.74) is 1.16. The van der Waals surface area contributed by atoms with Crippen molar-refractivity contribution in [2.45, 2.75) is 46.2 Å². The van der Waals surface area contributed by atoms with Crippen LogP contribution in [0.4, 0.5) is 5.82 Å². The Morgan fingerprint density at radius 3 is 2.65 bits per heavy atom. The van der Waals surface area contributed by atoms with Gasteiger partial charge in [0.05, 0.1) is 6.54 Å². The van der Waals surface area contributed by atoms with Crippen LogP contribution in [0, 0.1) is 0 Å². The maximum atomic E-state index is 11.9. The number of anilines is 1. The van der Waals surface area contributed by atoms with E-state index >= 15 is 0 Å². The number of pyridine rings is 1. The molecule has 2 N–H and O–H groups in total. The van der Waals surface area contributed by atoms with Gasteiger partial charge in [-0.25, -0.2) is 9.98 Å². The van der Waals surface area contributed by atoms with Gasteiger partial charge in [-0.15, -0.1) is 24.0 Å². The molecule has 3 heterocycles. The fourth-order valence-corrected chi connectivity index (χ4v) is 4.04. The number of carbonyl (C=O) groups excluding carboxylic acids is 1. The van der Waals surface area contributed by atoms with Crippen LogP contribution in [0.5, 0.6) is 0 Å². The minimum atomic E-state index is 0. The van der Waals surface area contributed by atoms with E-state index in [-0.39, 0.29) is 35.9 Å². The van der Waals surface area contributed by atoms with Crippen LogP contribution in [0.3, 0.4) is 0 Å². The van der Waals surface area contributed by atoms with Crippen molar-refractivity contribution in [3.8, 4) is 0 Å². The third-order valence-electron chi connectivity index (χ3n) is 5.90. The molecule has 2 saturated heterocycles. The lowest BCUT2D eigenvalue weighted by molar-refractivity contribution is -0.129. The first-order valence-electron chi connectivity index (χ1n) is 11.4. The Morgan fingerprint density at radius 2 is 1.97 bits per heavy atom. The molecule has 174 valence electrons. The first-order chi connectivity index (χ1) is 14.6. The second-order valence-electron chi connectivity index (χ2n) is 7.96. The summed E-state index contributed by atoms with van der Waals surface area (Å²) in [6.07, 6.45) is 3.41. The molecular formula is C22H38IN7O. The van der Waals surface area contributed by atoms with Gasteiger partial charge in [0, 0.05) is 64.5 Å². The summed E-state index contributed by atoms with van der Waals surface area (Å²) in [7, 11) is 0. The molecule has 0 aliphatic carbocycles. The number of nitrogens with one attached hydrogen (secondary N) is 2. The molecule has 0 aromatic carbocycles. The van der Waals surface area contributed by atoms with Gasteiger partial charge in [-0.3, -0.25) is 4.79 Å². The number of likely N-dealkylation sites (tertiary alicyclic amines) is 1. The van der Waals surface area contributed by atoms with Gasteiger partial charge in [0.15, 0.2) is 5.96 Å². The molecule has 1 aromatic heterocycles. The molecule has 1 amide bonds. The Labute approximate surface area is 203 Å². The number of rotatable bonds is 7. The summed E-state index contributed by atoms with van der Waals surface area (Å²) in [5.74, 6) is 2.08. The molecule has 9 heteroatoms. The van der Waals surface area contributed by atoms with Crippen molar-refractivity contribution in [2.24, 2.45) is 4.99 Å². The zero-order valence-corrected chi connectivity index (χ0v) is 21.5. The Hall–Kier alpha value is -1.62. The molecule has 1 atom stereocenters. The number of aromatic nitrogens is 1. The van der Waals surface area contributed by atoms with Gasteiger partial charge in [-0.1, -0.05) is 13.8 Å². The lowest BCUT2D eigenvalue weighted by Gasteiger charge is -2.34. The number of aliphatic imine (C=N–C) groups is 1. The van der Waals surface area contributed by atoms with Crippen LogP contribution in [0.1, 0.15) is 39.2 Å². The molecule has 3 rings (SSSR count). The lowest BCUT2D eigenvalue weighted by atomic mass is 10.2. The smallest absolute Gasteiger partial charge is 0.222 e. The highest BCUT2D eigenvalue weighted by Crippen LogP contribution is 2.16. The van der Waals surface area contributed by atoms with E-state index in [9.17, 15) is 4.79 Å². The van der Waals surface area contributed by atoms with E-state index in [0.29, 0.717) is 13.0 Å². The lowest BCUT2D eigenvalue weighted by Crippen LogP contribution is -2.46. The first-order valence-corrected chi connectivity index (χ1v) is 11.4. The van der Waals surface area contributed by atoms with E-state index in [1.54, 1.807) is 0 Å². The van der Waals surface area contributed by atoms with Gasteiger partial charge in [0.2, 0.25) is 5.91 Å². The van der Waals surface area contributed by atoms with E-state index < -0.39 is 0 Å². The number of likely N-dealkylation sites (N-methyl/N-ethyl adjacent to an activating group) is 1. The van der Waals surface area contributed by atoms with Crippen LogP contribution in [0.2, 0.25) is 0 Å². The van der Waals surface area contributed by atoms with Gasteiger partial charge in [-0.2, -0.15) is 0 Å². The second kappa shape index (κ2) is 13.0. The number of amides is 1. The maximum absolute atomic E-state index is 11.9. The van der Waals surface area contributed by atoms with Crippen molar-refractivity contribution in [1.82, 2.24) is 25.4 Å². The molecule has 2 fully saturated rings. The van der Waals surface area contributed by atoms with Gasteiger partial charge in [-0.05, 0) is 37.6 Å².